The van der Waals surface area contributed by atoms with Crippen LogP contribution in [0.1, 0.15) is 41.5 Å². The van der Waals surface area contributed by atoms with Gasteiger partial charge in [-0.2, -0.15) is 4.57 Å². The van der Waals surface area contributed by atoms with Crippen LogP contribution >= 0.6 is 7.82 Å². The van der Waals surface area contributed by atoms with E-state index >= 15 is 4.57 Å². The molecule has 0 atom stereocenters. The summed E-state index contributed by atoms with van der Waals surface area (Å²) in [5.74, 6) is -2.29. The smallest absolute Gasteiger partial charge is 0.423 e. The number of rotatable bonds is 24. The van der Waals surface area contributed by atoms with E-state index in [1.165, 1.54) is 20.8 Å². The van der Waals surface area contributed by atoms with E-state index in [-0.39, 0.29) is 85.2 Å². The standard InChI is InChI=1S/C78H63O16P/c1-46(2)73(79)86-61-28-13-52(14-29-61)58-25-40-70(67(43-58)55-19-34-64(35-20-55)89-76(82)49(7)8)92-95(85,93-71-41-26-59(53-15-30-62(31-16-53)87-74(80)47(3)4)44-68(71)56-21-36-65(37-22-56)90-77(83)50(9)10)94-72-42-27-60(54-17-32-63(33-18-54)88-75(81)48(5)6)45-69(72)57-23-38-66(39-24-57)91-78(84)51(11)12/h13-45H,1,3,5,7,9,11H2,2,4,6,8,10,12H3. The Balaban J connectivity index is 1.23. The number of hydrogen-bond acceptors (Lipinski definition) is 16. The molecule has 0 bridgehead atoms. The van der Waals surface area contributed by atoms with Crippen LogP contribution in [0.2, 0.25) is 0 Å². The first kappa shape index (κ1) is 67.3. The quantitative estimate of drug-likeness (QED) is 0.0239. The van der Waals surface area contributed by atoms with Gasteiger partial charge in [-0.25, -0.2) is 28.8 Å². The molecule has 9 aromatic rings. The molecule has 0 aromatic heterocycles. The molecule has 476 valence electrons. The molecule has 17 heteroatoms. The van der Waals surface area contributed by atoms with Crippen LogP contribution in [0.15, 0.2) is 273 Å². The summed E-state index contributed by atoms with van der Waals surface area (Å²) in [6, 6.07) is 55.1. The van der Waals surface area contributed by atoms with E-state index < -0.39 is 43.6 Å². The third-order valence-electron chi connectivity index (χ3n) is 14.0. The summed E-state index contributed by atoms with van der Waals surface area (Å²) in [5, 5.41) is 0. The Morgan fingerprint density at radius 3 is 0.568 bits per heavy atom. The highest BCUT2D eigenvalue weighted by atomic mass is 31.2. The summed E-state index contributed by atoms with van der Waals surface area (Å²) in [4.78, 5) is 75.4. The Bertz CT molecular complexity index is 4150. The number of phosphoric acid groups is 1. The Morgan fingerprint density at radius 2 is 0.400 bits per heavy atom. The minimum atomic E-state index is -5.20. The predicted octanol–water partition coefficient (Wildman–Crippen LogP) is 18.2. The van der Waals surface area contributed by atoms with Crippen LogP contribution in [-0.2, 0) is 33.3 Å². The highest BCUT2D eigenvalue weighted by molar-refractivity contribution is 7.49. The van der Waals surface area contributed by atoms with E-state index in [4.69, 9.17) is 42.0 Å². The molecule has 0 saturated carbocycles. The Morgan fingerprint density at radius 1 is 0.242 bits per heavy atom. The lowest BCUT2D eigenvalue weighted by atomic mass is 9.98. The second-order valence-electron chi connectivity index (χ2n) is 22.0. The van der Waals surface area contributed by atoms with Crippen molar-refractivity contribution >= 4 is 43.6 Å². The molecule has 0 fully saturated rings. The van der Waals surface area contributed by atoms with Gasteiger partial charge in [0.2, 0.25) is 0 Å². The van der Waals surface area contributed by atoms with Gasteiger partial charge in [-0.15, -0.1) is 0 Å². The van der Waals surface area contributed by atoms with Crippen molar-refractivity contribution in [2.24, 2.45) is 0 Å². The highest BCUT2D eigenvalue weighted by Crippen LogP contribution is 2.56. The lowest BCUT2D eigenvalue weighted by molar-refractivity contribution is -0.130. The summed E-state index contributed by atoms with van der Waals surface area (Å²) in [6.07, 6.45) is 0. The average Bonchev–Trinajstić information content (AvgIpc) is 0.783. The number of phosphoric ester groups is 1. The zero-order valence-corrected chi connectivity index (χ0v) is 53.7. The van der Waals surface area contributed by atoms with E-state index in [0.717, 1.165) is 0 Å². The maximum Gasteiger partial charge on any atom is 0.647 e. The normalized spacial score (nSPS) is 10.8. The van der Waals surface area contributed by atoms with Crippen molar-refractivity contribution in [2.75, 3.05) is 0 Å². The van der Waals surface area contributed by atoms with Gasteiger partial charge in [-0.05, 0) is 201 Å². The molecule has 16 nitrogen and oxygen atoms in total. The van der Waals surface area contributed by atoms with Crippen LogP contribution in [0, 0.1) is 0 Å². The molecular formula is C78H63O16P. The number of benzene rings is 9. The largest absolute Gasteiger partial charge is 0.647 e. The Hall–Kier alpha value is -12.1. The molecule has 0 amide bonds. The fraction of sp³-hybridized carbons (Fsp3) is 0.0769. The van der Waals surface area contributed by atoms with Gasteiger partial charge in [0.1, 0.15) is 51.7 Å². The number of carbonyl (C=O) groups excluding carboxylic acids is 6. The van der Waals surface area contributed by atoms with Crippen LogP contribution in [0.4, 0.5) is 0 Å². The maximum absolute atomic E-state index is 16.8. The van der Waals surface area contributed by atoms with Gasteiger partial charge < -0.3 is 42.0 Å². The van der Waals surface area contributed by atoms with Crippen molar-refractivity contribution in [3.8, 4) is 119 Å². The third-order valence-corrected chi connectivity index (χ3v) is 15.2. The van der Waals surface area contributed by atoms with Gasteiger partial charge in [0.05, 0.1) is 0 Å². The van der Waals surface area contributed by atoms with E-state index in [9.17, 15) is 28.8 Å². The van der Waals surface area contributed by atoms with Crippen LogP contribution in [0.5, 0.6) is 51.7 Å². The number of esters is 6. The van der Waals surface area contributed by atoms with Gasteiger partial charge in [0, 0.05) is 50.1 Å². The molecule has 0 spiro atoms. The molecule has 0 radical (unpaired) electrons. The number of ether oxygens (including phenoxy) is 6. The van der Waals surface area contributed by atoms with Gasteiger partial charge >= 0.3 is 43.6 Å². The van der Waals surface area contributed by atoms with Crippen LogP contribution in [0.25, 0.3) is 66.8 Å². The highest BCUT2D eigenvalue weighted by Gasteiger charge is 2.37. The van der Waals surface area contributed by atoms with Crippen molar-refractivity contribution in [3.05, 3.63) is 273 Å². The van der Waals surface area contributed by atoms with Crippen molar-refractivity contribution in [3.63, 3.8) is 0 Å². The van der Waals surface area contributed by atoms with Gasteiger partial charge in [0.25, 0.3) is 0 Å². The Labute approximate surface area is 549 Å². The maximum atomic E-state index is 16.8. The summed E-state index contributed by atoms with van der Waals surface area (Å²) in [5.41, 5.74) is 7.67. The summed E-state index contributed by atoms with van der Waals surface area (Å²) >= 11 is 0. The molecule has 0 saturated heterocycles. The van der Waals surface area contributed by atoms with Crippen molar-refractivity contribution < 1.29 is 75.3 Å². The monoisotopic (exact) mass is 1290 g/mol. The van der Waals surface area contributed by atoms with Gasteiger partial charge in [0.15, 0.2) is 0 Å². The number of carbonyl (C=O) groups is 6. The second kappa shape index (κ2) is 29.4. The first-order chi connectivity index (χ1) is 45.3. The Kier molecular flexibility index (Phi) is 20.8. The summed E-state index contributed by atoms with van der Waals surface area (Å²) in [7, 11) is -5.20. The van der Waals surface area contributed by atoms with Crippen molar-refractivity contribution in [1.29, 1.82) is 0 Å². The van der Waals surface area contributed by atoms with Gasteiger partial charge in [-0.1, -0.05) is 130 Å². The van der Waals surface area contributed by atoms with Gasteiger partial charge in [-0.3, -0.25) is 0 Å². The molecule has 0 unspecified atom stereocenters. The fourth-order valence-corrected chi connectivity index (χ4v) is 10.2. The minimum Gasteiger partial charge on any atom is -0.423 e. The van der Waals surface area contributed by atoms with Crippen LogP contribution < -0.4 is 42.0 Å². The molecule has 9 rings (SSSR count). The molecule has 0 N–H and O–H groups in total. The molecule has 0 aliphatic carbocycles. The van der Waals surface area contributed by atoms with E-state index in [0.29, 0.717) is 66.8 Å². The number of hydrogen-bond donors (Lipinski definition) is 0. The second-order valence-corrected chi connectivity index (χ2v) is 23.5. The first-order valence-corrected chi connectivity index (χ1v) is 30.7. The van der Waals surface area contributed by atoms with Crippen molar-refractivity contribution in [2.45, 2.75) is 41.5 Å². The minimum absolute atomic E-state index is 0.0145. The van der Waals surface area contributed by atoms with Crippen LogP contribution in [0.3, 0.4) is 0 Å². The van der Waals surface area contributed by atoms with E-state index in [1.807, 2.05) is 0 Å². The predicted molar refractivity (Wildman–Crippen MR) is 364 cm³/mol. The summed E-state index contributed by atoms with van der Waals surface area (Å²) in [6.45, 7) is 31.3. The van der Waals surface area contributed by atoms with E-state index in [1.54, 1.807) is 221 Å². The molecule has 95 heavy (non-hydrogen) atoms. The molecular weight excluding hydrogens is 1220 g/mol. The van der Waals surface area contributed by atoms with Crippen LogP contribution in [-0.4, -0.2) is 35.8 Å². The zero-order chi connectivity index (χ0) is 68.3. The average molecular weight is 1290 g/mol. The topological polar surface area (TPSA) is 203 Å². The third kappa shape index (κ3) is 17.3. The molecule has 0 aliphatic rings. The van der Waals surface area contributed by atoms with E-state index in [2.05, 4.69) is 39.5 Å². The molecule has 9 aromatic carbocycles. The molecule has 0 heterocycles. The molecule has 0 aliphatic heterocycles. The zero-order valence-electron chi connectivity index (χ0n) is 52.8. The SMILES string of the molecule is C=C(C)C(=O)Oc1ccc(-c2ccc(OP(=O)(Oc3ccc(-c4ccc(OC(=O)C(=C)C)cc4)cc3-c3ccc(OC(=O)C(=C)C)cc3)Oc3ccc(-c4ccc(OC(=O)C(=C)C)cc4)cc3-c3ccc(OC(=O)C(=C)C)cc3)c(-c3ccc(OC(=O)C(=C)C)cc3)c2)cc1. The summed E-state index contributed by atoms with van der Waals surface area (Å²) < 4.78 is 70.3. The fourth-order valence-electron chi connectivity index (χ4n) is 8.88. The lowest BCUT2D eigenvalue weighted by Crippen LogP contribution is -2.10. The lowest BCUT2D eigenvalue weighted by Gasteiger charge is -2.24. The first-order valence-electron chi connectivity index (χ1n) is 29.3. The van der Waals surface area contributed by atoms with Crippen molar-refractivity contribution in [1.82, 2.24) is 0 Å².